The maximum atomic E-state index is 5.72. The monoisotopic (exact) mass is 1010 g/mol. The smallest absolute Gasteiger partial charge is 0.305 e. The van der Waals surface area contributed by atoms with Gasteiger partial charge in [-0.1, -0.05) is 127 Å². The Hall–Kier alpha value is -5.85. The first-order valence-corrected chi connectivity index (χ1v) is 17.8. The van der Waals surface area contributed by atoms with Gasteiger partial charge in [-0.05, 0) is 52.0 Å². The number of halogens is 1. The summed E-state index contributed by atoms with van der Waals surface area (Å²) in [6.45, 7) is 0. The Kier molecular flexibility index (Phi) is 15.6. The van der Waals surface area contributed by atoms with Crippen LogP contribution < -0.4 is 0 Å². The van der Waals surface area contributed by atoms with Crippen molar-refractivity contribution in [3.63, 3.8) is 0 Å². The van der Waals surface area contributed by atoms with Gasteiger partial charge in [0.15, 0.2) is 0 Å². The minimum atomic E-state index is 0. The normalized spacial score (nSPS) is 9.98. The van der Waals surface area contributed by atoms with Gasteiger partial charge in [-0.2, -0.15) is 0 Å². The van der Waals surface area contributed by atoms with E-state index in [0.29, 0.717) is 0 Å². The van der Waals surface area contributed by atoms with Crippen molar-refractivity contribution >= 4 is 23.8 Å². The Morgan fingerprint density at radius 3 is 0.839 bits per heavy atom. The molecule has 0 fully saturated rings. The summed E-state index contributed by atoms with van der Waals surface area (Å²) in [6, 6.07) is 76.9. The second kappa shape index (κ2) is 21.9. The molecule has 272 valence electrons. The van der Waals surface area contributed by atoms with Crippen molar-refractivity contribution < 1.29 is 20.1 Å². The molecule has 0 spiro atoms. The van der Waals surface area contributed by atoms with Gasteiger partial charge in [0.05, 0.1) is 0 Å². The molecular formula is C51H37IIrN3. The first kappa shape index (κ1) is 39.8. The van der Waals surface area contributed by atoms with Crippen LogP contribution in [0.5, 0.6) is 0 Å². The molecule has 9 rings (SSSR count). The third-order valence-corrected chi connectivity index (χ3v) is 8.55. The predicted octanol–water partition coefficient (Wildman–Crippen LogP) is 13.3. The first-order chi connectivity index (χ1) is 27.8. The summed E-state index contributed by atoms with van der Waals surface area (Å²) < 4.78 is 5.72. The molecule has 3 nitrogen and oxygen atoms in total. The molecule has 6 aromatic carbocycles. The predicted molar refractivity (Wildman–Crippen MR) is 237 cm³/mol. The van der Waals surface area contributed by atoms with Gasteiger partial charge in [0.25, 0.3) is 0 Å². The third kappa shape index (κ3) is 11.6. The van der Waals surface area contributed by atoms with E-state index in [0.717, 1.165) is 33.8 Å². The van der Waals surface area contributed by atoms with Gasteiger partial charge in [-0.3, -0.25) is 0 Å². The Morgan fingerprint density at radius 1 is 0.321 bits per heavy atom. The molecule has 5 heteroatoms. The van der Waals surface area contributed by atoms with Crippen molar-refractivity contribution in [1.29, 1.82) is 0.594 Å². The molecule has 9 aromatic rings. The summed E-state index contributed by atoms with van der Waals surface area (Å²) in [5.41, 5.74) is 13.1. The van der Waals surface area contributed by atoms with Crippen LogP contribution in [0, 0.1) is 18.2 Å². The molecule has 0 unspecified atom stereocenters. The quantitative estimate of drug-likeness (QED) is 0.123. The topological polar surface area (TPSA) is 38.7 Å². The summed E-state index contributed by atoms with van der Waals surface area (Å²) >= 11 is 1.40. The van der Waals surface area contributed by atoms with Crippen molar-refractivity contribution in [1.82, 2.24) is 15.0 Å². The van der Waals surface area contributed by atoms with Crippen LogP contribution in [0.3, 0.4) is 0 Å². The molecule has 0 saturated heterocycles. The number of hydrogen-bond acceptors (Lipinski definition) is 3. The Labute approximate surface area is 361 Å². The van der Waals surface area contributed by atoms with E-state index in [2.05, 4.69) is 106 Å². The summed E-state index contributed by atoms with van der Waals surface area (Å²) in [7, 11) is 0. The zero-order chi connectivity index (χ0) is 38.6. The number of rotatable bonds is 6. The number of hydrogen-bond donors (Lipinski definition) is 0. The molecule has 0 atom stereocenters. The van der Waals surface area contributed by atoms with Gasteiger partial charge in [-0.25, -0.2) is 0 Å². The van der Waals surface area contributed by atoms with E-state index in [1.54, 1.807) is 18.6 Å². The van der Waals surface area contributed by atoms with Crippen LogP contribution in [-0.4, -0.2) is 15.5 Å². The molecule has 0 radical (unpaired) electrons. The van der Waals surface area contributed by atoms with Crippen molar-refractivity contribution in [2.24, 2.45) is 0 Å². The second-order valence-electron chi connectivity index (χ2n) is 12.2. The summed E-state index contributed by atoms with van der Waals surface area (Å²) in [5.74, 6) is 0. The van der Waals surface area contributed by atoms with Gasteiger partial charge in [0.2, 0.25) is 0 Å². The van der Waals surface area contributed by atoms with Crippen molar-refractivity contribution in [3.05, 3.63) is 237 Å². The van der Waals surface area contributed by atoms with E-state index in [1.165, 1.54) is 57.2 Å². The molecule has 0 saturated carbocycles. The van der Waals surface area contributed by atoms with E-state index < -0.39 is 0 Å². The Bertz CT molecular complexity index is 2030. The number of benzene rings is 6. The summed E-state index contributed by atoms with van der Waals surface area (Å²) in [5, 5.41) is 0. The Balaban J connectivity index is 0.000000158. The molecule has 0 N–H and O–H groups in total. The Morgan fingerprint density at radius 2 is 0.589 bits per heavy atom. The minimum absolute atomic E-state index is 0. The van der Waals surface area contributed by atoms with Crippen LogP contribution in [-0.2, 0) is 20.1 Å². The average molecular weight is 1010 g/mol. The number of aromatic nitrogens is 3. The van der Waals surface area contributed by atoms with Crippen LogP contribution >= 0.6 is 23.8 Å². The van der Waals surface area contributed by atoms with Crippen LogP contribution in [0.4, 0.5) is 0 Å². The van der Waals surface area contributed by atoms with E-state index >= 15 is 0 Å². The SMILES string of the molecule is [2H]I.[Ir+3].[c-]1ccc(-c2ccccc2)cc1-c1ccccn1.[c-]1ccc(-c2ccccc2)cc1-c1ccccn1.[c-]1ccc(-c2ccccc2)cc1-c1ccccn1. The zero-order valence-electron chi connectivity index (χ0n) is 31.3. The van der Waals surface area contributed by atoms with Gasteiger partial charge < -0.3 is 15.0 Å². The molecule has 0 aliphatic carbocycles. The largest absolute Gasteiger partial charge is 3.00 e. The molecular weight excluding hydrogens is 974 g/mol. The molecule has 0 bridgehead atoms. The average Bonchev–Trinajstić information content (AvgIpc) is 3.32. The first-order valence-electron chi connectivity index (χ1n) is 18.1. The van der Waals surface area contributed by atoms with Gasteiger partial charge >= 0.3 is 20.1 Å². The van der Waals surface area contributed by atoms with Crippen molar-refractivity contribution in [2.45, 2.75) is 0 Å². The van der Waals surface area contributed by atoms with Crippen molar-refractivity contribution in [3.8, 4) is 67.2 Å². The number of nitrogens with zero attached hydrogens (tertiary/aromatic N) is 3. The van der Waals surface area contributed by atoms with Gasteiger partial charge in [0, 0.05) is 18.6 Å². The molecule has 3 aromatic heterocycles. The standard InChI is InChI=1S/3C17H12N.HI.Ir/c3*1-2-7-14(8-3-1)15-9-6-10-16(13-15)17-11-4-5-12-18-17;;/h3*1-9,11-13H;1H;/q3*-1;;+3/i/hD. The summed E-state index contributed by atoms with van der Waals surface area (Å²) in [6.07, 6.45) is 5.41. The molecule has 0 amide bonds. The van der Waals surface area contributed by atoms with Crippen LogP contribution in [0.25, 0.3) is 67.2 Å². The molecule has 0 aliphatic heterocycles. The van der Waals surface area contributed by atoms with E-state index in [1.807, 2.05) is 127 Å². The van der Waals surface area contributed by atoms with Crippen LogP contribution in [0.15, 0.2) is 219 Å². The molecule has 56 heavy (non-hydrogen) atoms. The van der Waals surface area contributed by atoms with E-state index in [9.17, 15) is 0 Å². The fraction of sp³-hybridized carbons (Fsp3) is 0. The second-order valence-corrected chi connectivity index (χ2v) is 12.2. The number of pyridine rings is 3. The van der Waals surface area contributed by atoms with Gasteiger partial charge in [0.1, 0.15) is 0.594 Å². The van der Waals surface area contributed by atoms with Crippen LogP contribution in [0.2, 0.25) is 0 Å². The fourth-order valence-corrected chi connectivity index (χ4v) is 5.84. The fourth-order valence-electron chi connectivity index (χ4n) is 5.84. The van der Waals surface area contributed by atoms with Crippen molar-refractivity contribution in [2.75, 3.05) is 0 Å². The minimum Gasteiger partial charge on any atom is -0.305 e. The molecule has 3 heterocycles. The summed E-state index contributed by atoms with van der Waals surface area (Å²) in [4.78, 5) is 13.1. The van der Waals surface area contributed by atoms with Crippen LogP contribution in [0.1, 0.15) is 0 Å². The third-order valence-electron chi connectivity index (χ3n) is 8.55. The van der Waals surface area contributed by atoms with Gasteiger partial charge in [-0.15, -0.1) is 130 Å². The maximum absolute atomic E-state index is 5.72. The van der Waals surface area contributed by atoms with E-state index in [-0.39, 0.29) is 20.1 Å². The molecule has 0 aliphatic rings. The maximum Gasteiger partial charge on any atom is 3.00 e. The zero-order valence-corrected chi connectivity index (χ0v) is 34.9. The van der Waals surface area contributed by atoms with E-state index in [4.69, 9.17) is 0.594 Å².